The zero-order valence-electron chi connectivity index (χ0n) is 12.8. The van der Waals surface area contributed by atoms with Gasteiger partial charge in [-0.3, -0.25) is 0 Å². The Kier molecular flexibility index (Phi) is 4.84. The van der Waals surface area contributed by atoms with E-state index in [9.17, 15) is 0 Å². The highest BCUT2D eigenvalue weighted by molar-refractivity contribution is 7.12. The summed E-state index contributed by atoms with van der Waals surface area (Å²) in [5.74, 6) is 0. The number of benzene rings is 1. The average molecular weight is 288 g/mol. The monoisotopic (exact) mass is 288 g/mol. The molecule has 0 spiro atoms. The Morgan fingerprint density at radius 1 is 1.20 bits per heavy atom. The largest absolute Gasteiger partial charge is 0.363 e. The second-order valence-corrected chi connectivity index (χ2v) is 6.71. The molecule has 3 heteroatoms. The third-order valence-corrected chi connectivity index (χ3v) is 4.69. The van der Waals surface area contributed by atoms with E-state index in [1.54, 1.807) is 0 Å². The number of hydrogen-bond donors (Lipinski definition) is 1. The van der Waals surface area contributed by atoms with Gasteiger partial charge >= 0.3 is 0 Å². The number of nitrogens with two attached hydrogens (primary N) is 1. The van der Waals surface area contributed by atoms with Crippen molar-refractivity contribution in [1.29, 1.82) is 0 Å². The quantitative estimate of drug-likeness (QED) is 0.893. The van der Waals surface area contributed by atoms with E-state index in [1.807, 2.05) is 11.3 Å². The van der Waals surface area contributed by atoms with Crippen LogP contribution in [0.3, 0.4) is 0 Å². The molecule has 0 radical (unpaired) electrons. The van der Waals surface area contributed by atoms with Gasteiger partial charge in [0.05, 0.1) is 6.04 Å². The molecule has 1 unspecified atom stereocenters. The maximum absolute atomic E-state index is 6.10. The Morgan fingerprint density at radius 2 is 1.95 bits per heavy atom. The summed E-state index contributed by atoms with van der Waals surface area (Å²) >= 11 is 1.86. The van der Waals surface area contributed by atoms with Crippen LogP contribution in [0.5, 0.6) is 0 Å². The van der Waals surface area contributed by atoms with E-state index in [4.69, 9.17) is 5.73 Å². The van der Waals surface area contributed by atoms with E-state index < -0.39 is 0 Å². The molecular weight excluding hydrogens is 264 g/mol. The molecule has 1 aromatic heterocycles. The first-order valence-electron chi connectivity index (χ1n) is 7.17. The van der Waals surface area contributed by atoms with Crippen molar-refractivity contribution in [1.82, 2.24) is 0 Å². The molecule has 0 fully saturated rings. The third kappa shape index (κ3) is 3.05. The number of hydrogen-bond acceptors (Lipinski definition) is 3. The Morgan fingerprint density at radius 3 is 2.45 bits per heavy atom. The van der Waals surface area contributed by atoms with Crippen LogP contribution in [0.25, 0.3) is 0 Å². The molecule has 0 aliphatic carbocycles. The lowest BCUT2D eigenvalue weighted by molar-refractivity contribution is 0.642. The molecule has 1 aromatic carbocycles. The molecule has 2 N–H and O–H groups in total. The van der Waals surface area contributed by atoms with Crippen molar-refractivity contribution in [3.63, 3.8) is 0 Å². The molecule has 1 heterocycles. The van der Waals surface area contributed by atoms with Crippen molar-refractivity contribution in [2.75, 3.05) is 18.0 Å². The number of rotatable bonds is 5. The molecule has 2 aromatic rings. The van der Waals surface area contributed by atoms with E-state index in [-0.39, 0.29) is 6.04 Å². The van der Waals surface area contributed by atoms with Crippen LogP contribution in [0.15, 0.2) is 30.3 Å². The molecule has 0 amide bonds. The number of anilines is 1. The van der Waals surface area contributed by atoms with E-state index in [0.29, 0.717) is 6.54 Å². The van der Waals surface area contributed by atoms with E-state index in [1.165, 1.54) is 26.6 Å². The number of thiophene rings is 1. The van der Waals surface area contributed by atoms with E-state index >= 15 is 0 Å². The zero-order chi connectivity index (χ0) is 14.7. The van der Waals surface area contributed by atoms with Gasteiger partial charge in [0.2, 0.25) is 0 Å². The first-order valence-corrected chi connectivity index (χ1v) is 7.98. The van der Waals surface area contributed by atoms with Crippen molar-refractivity contribution >= 4 is 17.0 Å². The lowest BCUT2D eigenvalue weighted by atomic mass is 10.0. The lowest BCUT2D eigenvalue weighted by Crippen LogP contribution is -2.33. The van der Waals surface area contributed by atoms with Gasteiger partial charge in [0.15, 0.2) is 0 Å². The highest BCUT2D eigenvalue weighted by Gasteiger charge is 2.21. The molecule has 0 saturated carbocycles. The topological polar surface area (TPSA) is 29.3 Å². The SMILES string of the molecule is CCN(c1cccc(C)c1)C(CN)c1cc(C)sc1C. The van der Waals surface area contributed by atoms with Gasteiger partial charge in [0, 0.05) is 28.5 Å². The van der Waals surface area contributed by atoms with Crippen LogP contribution >= 0.6 is 11.3 Å². The zero-order valence-corrected chi connectivity index (χ0v) is 13.6. The number of likely N-dealkylation sites (N-methyl/N-ethyl adjacent to an activating group) is 1. The van der Waals surface area contributed by atoms with E-state index in [0.717, 1.165) is 6.54 Å². The average Bonchev–Trinajstić information content (AvgIpc) is 2.74. The van der Waals surface area contributed by atoms with Gasteiger partial charge in [0.1, 0.15) is 0 Å². The molecule has 2 nitrogen and oxygen atoms in total. The fourth-order valence-electron chi connectivity index (χ4n) is 2.79. The van der Waals surface area contributed by atoms with Crippen LogP contribution in [0.2, 0.25) is 0 Å². The summed E-state index contributed by atoms with van der Waals surface area (Å²) in [4.78, 5) is 5.14. The van der Waals surface area contributed by atoms with E-state index in [2.05, 4.69) is 62.9 Å². The molecule has 108 valence electrons. The summed E-state index contributed by atoms with van der Waals surface area (Å²) in [6.45, 7) is 10.3. The first-order chi connectivity index (χ1) is 9.56. The summed E-state index contributed by atoms with van der Waals surface area (Å²) in [7, 11) is 0. The van der Waals surface area contributed by atoms with Crippen molar-refractivity contribution in [3.05, 3.63) is 51.2 Å². The predicted octanol–water partition coefficient (Wildman–Crippen LogP) is 4.20. The molecule has 0 saturated heterocycles. The third-order valence-electron chi connectivity index (χ3n) is 3.71. The second-order valence-electron chi connectivity index (χ2n) is 5.25. The smallest absolute Gasteiger partial charge is 0.0675 e. The van der Waals surface area contributed by atoms with Crippen LogP contribution in [0.1, 0.15) is 33.8 Å². The Labute approximate surface area is 126 Å². The minimum atomic E-state index is 0.256. The molecule has 0 aliphatic rings. The standard InChI is InChI=1S/C17H24N2S/c1-5-19(15-8-6-7-12(2)9-15)17(11-18)16-10-13(3)20-14(16)4/h6-10,17H,5,11,18H2,1-4H3. The van der Waals surface area contributed by atoms with Crippen LogP contribution in [-0.2, 0) is 0 Å². The highest BCUT2D eigenvalue weighted by Crippen LogP contribution is 2.32. The molecular formula is C17H24N2S. The fourth-order valence-corrected chi connectivity index (χ4v) is 3.77. The van der Waals surface area contributed by atoms with Crippen molar-refractivity contribution in [2.45, 2.75) is 33.7 Å². The minimum absolute atomic E-state index is 0.256. The lowest BCUT2D eigenvalue weighted by Gasteiger charge is -2.32. The van der Waals surface area contributed by atoms with Crippen molar-refractivity contribution < 1.29 is 0 Å². The molecule has 0 bridgehead atoms. The number of aryl methyl sites for hydroxylation is 3. The maximum atomic E-state index is 6.10. The first kappa shape index (κ1) is 15.1. The van der Waals surface area contributed by atoms with Crippen molar-refractivity contribution in [2.24, 2.45) is 5.73 Å². The minimum Gasteiger partial charge on any atom is -0.363 e. The Balaban J connectivity index is 2.40. The predicted molar refractivity (Wildman–Crippen MR) is 89.8 cm³/mol. The van der Waals surface area contributed by atoms with Gasteiger partial charge in [-0.15, -0.1) is 11.3 Å². The summed E-state index contributed by atoms with van der Waals surface area (Å²) < 4.78 is 0. The fraction of sp³-hybridized carbons (Fsp3) is 0.412. The van der Waals surface area contributed by atoms with Gasteiger partial charge in [-0.25, -0.2) is 0 Å². The van der Waals surface area contributed by atoms with Crippen molar-refractivity contribution in [3.8, 4) is 0 Å². The van der Waals surface area contributed by atoms with Crippen LogP contribution in [-0.4, -0.2) is 13.1 Å². The maximum Gasteiger partial charge on any atom is 0.0675 e. The van der Waals surface area contributed by atoms with Crippen LogP contribution in [0.4, 0.5) is 5.69 Å². The number of nitrogens with zero attached hydrogens (tertiary/aromatic N) is 1. The van der Waals surface area contributed by atoms with Gasteiger partial charge in [-0.1, -0.05) is 12.1 Å². The molecule has 1 atom stereocenters. The summed E-state index contributed by atoms with van der Waals surface area (Å²) in [6, 6.07) is 11.2. The Bertz CT molecular complexity index is 574. The molecule has 20 heavy (non-hydrogen) atoms. The summed E-state index contributed by atoms with van der Waals surface area (Å²) in [5.41, 5.74) is 10.0. The van der Waals surface area contributed by atoms with Gasteiger partial charge in [0.25, 0.3) is 0 Å². The summed E-state index contributed by atoms with van der Waals surface area (Å²) in [5, 5.41) is 0. The Hall–Kier alpha value is -1.32. The van der Waals surface area contributed by atoms with Gasteiger partial charge < -0.3 is 10.6 Å². The second kappa shape index (κ2) is 6.42. The van der Waals surface area contributed by atoms with Gasteiger partial charge in [-0.05, 0) is 57.0 Å². The molecule has 0 aliphatic heterocycles. The highest BCUT2D eigenvalue weighted by atomic mass is 32.1. The van der Waals surface area contributed by atoms with Gasteiger partial charge in [-0.2, -0.15) is 0 Å². The normalized spacial score (nSPS) is 12.4. The summed E-state index contributed by atoms with van der Waals surface area (Å²) in [6.07, 6.45) is 0. The van der Waals surface area contributed by atoms with Crippen LogP contribution < -0.4 is 10.6 Å². The van der Waals surface area contributed by atoms with Crippen LogP contribution in [0, 0.1) is 20.8 Å². The molecule has 2 rings (SSSR count).